The van der Waals surface area contributed by atoms with E-state index in [1.54, 1.807) is 11.3 Å². The predicted octanol–water partition coefficient (Wildman–Crippen LogP) is 1.81. The number of rotatable bonds is 6. The molecule has 0 aliphatic carbocycles. The molecular formula is C16H26N4OS. The number of nitrogens with zero attached hydrogens (tertiary/aromatic N) is 3. The molecule has 1 aromatic heterocycles. The Morgan fingerprint density at radius 2 is 2.23 bits per heavy atom. The molecule has 122 valence electrons. The van der Waals surface area contributed by atoms with Gasteiger partial charge in [0.1, 0.15) is 6.54 Å². The smallest absolute Gasteiger partial charge is 0.244 e. The van der Waals surface area contributed by atoms with Gasteiger partial charge in [0.15, 0.2) is 5.96 Å². The van der Waals surface area contributed by atoms with Crippen LogP contribution in [0.5, 0.6) is 0 Å². The average Bonchev–Trinajstić information content (AvgIpc) is 3.21. The van der Waals surface area contributed by atoms with Gasteiger partial charge in [0, 0.05) is 38.1 Å². The van der Waals surface area contributed by atoms with Crippen molar-refractivity contribution < 1.29 is 4.79 Å². The Bertz CT molecular complexity index is 480. The highest BCUT2D eigenvalue weighted by atomic mass is 32.1. The molecule has 2 rings (SSSR count). The first-order valence-corrected chi connectivity index (χ1v) is 8.88. The highest BCUT2D eigenvalue weighted by molar-refractivity contribution is 7.09. The number of hydrogen-bond acceptors (Lipinski definition) is 3. The first kappa shape index (κ1) is 16.8. The molecule has 1 aliphatic rings. The number of thiophene rings is 1. The van der Waals surface area contributed by atoms with Crippen LogP contribution in [0.15, 0.2) is 22.5 Å². The van der Waals surface area contributed by atoms with Gasteiger partial charge >= 0.3 is 0 Å². The Labute approximate surface area is 137 Å². The van der Waals surface area contributed by atoms with E-state index in [0.29, 0.717) is 0 Å². The molecule has 0 aromatic carbocycles. The minimum absolute atomic E-state index is 0.138. The normalized spacial score (nSPS) is 15.2. The SMILES string of the molecule is CCNC(=NCC(=O)N1CCCC1)N(C)CCc1cccs1. The van der Waals surface area contributed by atoms with Crippen molar-refractivity contribution in [1.82, 2.24) is 15.1 Å². The molecule has 0 spiro atoms. The molecule has 6 heteroatoms. The quantitative estimate of drug-likeness (QED) is 0.642. The Balaban J connectivity index is 1.86. The number of hydrogen-bond donors (Lipinski definition) is 1. The molecule has 0 radical (unpaired) electrons. The van der Waals surface area contributed by atoms with Crippen LogP contribution >= 0.6 is 11.3 Å². The first-order valence-electron chi connectivity index (χ1n) is 8.00. The van der Waals surface area contributed by atoms with E-state index in [4.69, 9.17) is 0 Å². The Morgan fingerprint density at radius 1 is 1.45 bits per heavy atom. The summed E-state index contributed by atoms with van der Waals surface area (Å²) in [6.07, 6.45) is 3.24. The predicted molar refractivity (Wildman–Crippen MR) is 92.4 cm³/mol. The van der Waals surface area contributed by atoms with E-state index in [1.165, 1.54) is 4.88 Å². The van der Waals surface area contributed by atoms with Crippen LogP contribution < -0.4 is 5.32 Å². The van der Waals surface area contributed by atoms with Gasteiger partial charge in [-0.1, -0.05) is 6.07 Å². The molecule has 0 bridgehead atoms. The molecule has 1 aliphatic heterocycles. The van der Waals surface area contributed by atoms with Gasteiger partial charge in [-0.05, 0) is 37.6 Å². The maximum atomic E-state index is 12.1. The third-order valence-corrected chi connectivity index (χ3v) is 4.73. The summed E-state index contributed by atoms with van der Waals surface area (Å²) in [5, 5.41) is 5.37. The Kier molecular flexibility index (Phi) is 6.71. The van der Waals surface area contributed by atoms with Gasteiger partial charge < -0.3 is 15.1 Å². The van der Waals surface area contributed by atoms with E-state index in [-0.39, 0.29) is 12.5 Å². The summed E-state index contributed by atoms with van der Waals surface area (Å²) in [6, 6.07) is 4.23. The van der Waals surface area contributed by atoms with Gasteiger partial charge in [0.25, 0.3) is 0 Å². The van der Waals surface area contributed by atoms with Gasteiger partial charge in [0.2, 0.25) is 5.91 Å². The Morgan fingerprint density at radius 3 is 2.86 bits per heavy atom. The zero-order valence-corrected chi connectivity index (χ0v) is 14.4. The van der Waals surface area contributed by atoms with E-state index in [2.05, 4.69) is 32.7 Å². The van der Waals surface area contributed by atoms with Gasteiger partial charge in [-0.15, -0.1) is 11.3 Å². The number of likely N-dealkylation sites (N-methyl/N-ethyl adjacent to an activating group) is 1. The largest absolute Gasteiger partial charge is 0.357 e. The summed E-state index contributed by atoms with van der Waals surface area (Å²) < 4.78 is 0. The lowest BCUT2D eigenvalue weighted by Gasteiger charge is -2.22. The standard InChI is InChI=1S/C16H26N4OS/c1-3-17-16(18-13-15(21)20-9-4-5-10-20)19(2)11-8-14-7-6-12-22-14/h6-7,12H,3-5,8-11,13H2,1-2H3,(H,17,18). The third kappa shape index (κ3) is 5.02. The van der Waals surface area contributed by atoms with Crippen LogP contribution in [0.4, 0.5) is 0 Å². The second kappa shape index (κ2) is 8.78. The van der Waals surface area contributed by atoms with Crippen LogP contribution in [-0.2, 0) is 11.2 Å². The second-order valence-electron chi connectivity index (χ2n) is 5.51. The van der Waals surface area contributed by atoms with Crippen LogP contribution in [-0.4, -0.2) is 61.4 Å². The van der Waals surface area contributed by atoms with Crippen LogP contribution in [0.2, 0.25) is 0 Å². The number of carbonyl (C=O) groups excluding carboxylic acids is 1. The van der Waals surface area contributed by atoms with E-state index >= 15 is 0 Å². The van der Waals surface area contributed by atoms with Crippen molar-refractivity contribution in [3.8, 4) is 0 Å². The van der Waals surface area contributed by atoms with Gasteiger partial charge in [-0.25, -0.2) is 4.99 Å². The monoisotopic (exact) mass is 322 g/mol. The summed E-state index contributed by atoms with van der Waals surface area (Å²) in [5.74, 6) is 0.950. The fourth-order valence-electron chi connectivity index (χ4n) is 2.52. The lowest BCUT2D eigenvalue weighted by atomic mass is 10.3. The maximum absolute atomic E-state index is 12.1. The molecule has 1 amide bonds. The molecule has 0 unspecified atom stereocenters. The molecular weight excluding hydrogens is 296 g/mol. The first-order chi connectivity index (χ1) is 10.7. The molecule has 22 heavy (non-hydrogen) atoms. The summed E-state index contributed by atoms with van der Waals surface area (Å²) in [5.41, 5.74) is 0. The number of amides is 1. The highest BCUT2D eigenvalue weighted by Crippen LogP contribution is 2.10. The summed E-state index contributed by atoms with van der Waals surface area (Å²) in [6.45, 7) is 5.76. The molecule has 1 saturated heterocycles. The van der Waals surface area contributed by atoms with E-state index < -0.39 is 0 Å². The zero-order valence-electron chi connectivity index (χ0n) is 13.5. The fraction of sp³-hybridized carbons (Fsp3) is 0.625. The van der Waals surface area contributed by atoms with E-state index in [0.717, 1.165) is 51.4 Å². The number of carbonyl (C=O) groups is 1. The second-order valence-corrected chi connectivity index (χ2v) is 6.54. The summed E-state index contributed by atoms with van der Waals surface area (Å²) in [4.78, 5) is 22.0. The molecule has 1 aromatic rings. The van der Waals surface area contributed by atoms with Crippen molar-refractivity contribution in [2.24, 2.45) is 4.99 Å². The van der Waals surface area contributed by atoms with Crippen molar-refractivity contribution in [3.63, 3.8) is 0 Å². The van der Waals surface area contributed by atoms with Crippen LogP contribution in [0.1, 0.15) is 24.6 Å². The minimum atomic E-state index is 0.138. The molecule has 5 nitrogen and oxygen atoms in total. The zero-order chi connectivity index (χ0) is 15.8. The van der Waals surface area contributed by atoms with Crippen LogP contribution in [0.25, 0.3) is 0 Å². The average molecular weight is 322 g/mol. The number of guanidine groups is 1. The molecule has 1 N–H and O–H groups in total. The fourth-order valence-corrected chi connectivity index (χ4v) is 3.22. The van der Waals surface area contributed by atoms with Crippen molar-refractivity contribution in [3.05, 3.63) is 22.4 Å². The van der Waals surface area contributed by atoms with Crippen molar-refractivity contribution in [2.75, 3.05) is 39.8 Å². The van der Waals surface area contributed by atoms with Gasteiger partial charge in [-0.3, -0.25) is 4.79 Å². The number of nitrogens with one attached hydrogen (secondary N) is 1. The molecule has 1 fully saturated rings. The third-order valence-electron chi connectivity index (χ3n) is 3.79. The van der Waals surface area contributed by atoms with Gasteiger partial charge in [-0.2, -0.15) is 0 Å². The van der Waals surface area contributed by atoms with E-state index in [9.17, 15) is 4.79 Å². The van der Waals surface area contributed by atoms with E-state index in [1.807, 2.05) is 18.9 Å². The highest BCUT2D eigenvalue weighted by Gasteiger charge is 2.17. The molecule has 2 heterocycles. The van der Waals surface area contributed by atoms with Crippen LogP contribution in [0.3, 0.4) is 0 Å². The van der Waals surface area contributed by atoms with Crippen LogP contribution in [0, 0.1) is 0 Å². The Hall–Kier alpha value is -1.56. The van der Waals surface area contributed by atoms with Gasteiger partial charge in [0.05, 0.1) is 0 Å². The minimum Gasteiger partial charge on any atom is -0.357 e. The molecule has 0 saturated carbocycles. The lowest BCUT2D eigenvalue weighted by molar-refractivity contribution is -0.128. The molecule has 0 atom stereocenters. The topological polar surface area (TPSA) is 47.9 Å². The summed E-state index contributed by atoms with van der Waals surface area (Å²) >= 11 is 1.78. The van der Waals surface area contributed by atoms with Crippen molar-refractivity contribution >= 4 is 23.2 Å². The maximum Gasteiger partial charge on any atom is 0.244 e. The lowest BCUT2D eigenvalue weighted by Crippen LogP contribution is -2.41. The number of likely N-dealkylation sites (tertiary alicyclic amines) is 1. The number of aliphatic imine (C=N–C) groups is 1. The van der Waals surface area contributed by atoms with Crippen molar-refractivity contribution in [2.45, 2.75) is 26.2 Å². The van der Waals surface area contributed by atoms with Crippen molar-refractivity contribution in [1.29, 1.82) is 0 Å². The summed E-state index contributed by atoms with van der Waals surface area (Å²) in [7, 11) is 2.02.